The Labute approximate surface area is 150 Å². The number of pyridine rings is 1. The normalized spacial score (nSPS) is 13.3. The molecule has 1 aromatic heterocycles. The number of fused-ring (bicyclic) bond motifs is 2. The van der Waals surface area contributed by atoms with Crippen molar-refractivity contribution in [3.63, 3.8) is 0 Å². The van der Waals surface area contributed by atoms with Gasteiger partial charge in [0.25, 0.3) is 0 Å². The summed E-state index contributed by atoms with van der Waals surface area (Å²) in [6.45, 7) is 4.22. The Kier molecular flexibility index (Phi) is 3.93. The monoisotopic (exact) mass is 353 g/mol. The topological polar surface area (TPSA) is 55.7 Å². The maximum atomic E-state index is 6.06. The quantitative estimate of drug-likeness (QED) is 0.544. The molecule has 1 N–H and O–H groups in total. The van der Waals surface area contributed by atoms with Crippen LogP contribution in [0.25, 0.3) is 10.9 Å². The van der Waals surface area contributed by atoms with Crippen LogP contribution in [-0.4, -0.2) is 17.5 Å². The van der Waals surface area contributed by atoms with Crippen molar-refractivity contribution in [2.24, 2.45) is 5.10 Å². The lowest BCUT2D eigenvalue weighted by Gasteiger charge is -2.08. The van der Waals surface area contributed by atoms with E-state index in [1.807, 2.05) is 56.3 Å². The van der Waals surface area contributed by atoms with Crippen molar-refractivity contribution in [1.29, 1.82) is 0 Å². The largest absolute Gasteiger partial charge is 0.454 e. The van der Waals surface area contributed by atoms with E-state index in [0.717, 1.165) is 39.2 Å². The first-order chi connectivity index (χ1) is 12.1. The Morgan fingerprint density at radius 2 is 1.96 bits per heavy atom. The second-order valence-electron chi connectivity index (χ2n) is 5.86. The van der Waals surface area contributed by atoms with Crippen molar-refractivity contribution >= 4 is 34.0 Å². The van der Waals surface area contributed by atoms with Crippen molar-refractivity contribution in [2.45, 2.75) is 13.8 Å². The minimum Gasteiger partial charge on any atom is -0.454 e. The van der Waals surface area contributed by atoms with Crippen LogP contribution in [0.4, 0.5) is 5.82 Å². The zero-order chi connectivity index (χ0) is 17.4. The highest BCUT2D eigenvalue weighted by Gasteiger charge is 2.14. The fourth-order valence-electron chi connectivity index (χ4n) is 2.75. The molecular weight excluding hydrogens is 338 g/mol. The first-order valence-corrected chi connectivity index (χ1v) is 8.25. The van der Waals surface area contributed by atoms with E-state index in [4.69, 9.17) is 21.1 Å². The first-order valence-electron chi connectivity index (χ1n) is 7.87. The minimum absolute atomic E-state index is 0.261. The number of hydrogen-bond acceptors (Lipinski definition) is 5. The molecule has 0 bridgehead atoms. The molecule has 4 rings (SSSR count). The molecule has 126 valence electrons. The van der Waals surface area contributed by atoms with Gasteiger partial charge in [0.1, 0.15) is 5.82 Å². The number of benzene rings is 2. The number of ether oxygens (including phenoxy) is 2. The number of anilines is 1. The van der Waals surface area contributed by atoms with Crippen LogP contribution < -0.4 is 14.9 Å². The van der Waals surface area contributed by atoms with Crippen molar-refractivity contribution in [3.05, 3.63) is 58.6 Å². The van der Waals surface area contributed by atoms with Gasteiger partial charge >= 0.3 is 0 Å². The second kappa shape index (κ2) is 6.26. The lowest BCUT2D eigenvalue weighted by atomic mass is 10.1. The molecule has 0 saturated carbocycles. The molecule has 1 aliphatic heterocycles. The number of halogens is 1. The third-order valence-corrected chi connectivity index (χ3v) is 4.34. The van der Waals surface area contributed by atoms with Gasteiger partial charge < -0.3 is 9.47 Å². The fraction of sp³-hybridized carbons (Fsp3) is 0.158. The summed E-state index contributed by atoms with van der Waals surface area (Å²) >= 11 is 6.06. The average molecular weight is 354 g/mol. The Hall–Kier alpha value is -2.79. The predicted molar refractivity (Wildman–Crippen MR) is 99.9 cm³/mol. The summed E-state index contributed by atoms with van der Waals surface area (Å²) in [5.74, 6) is 2.19. The number of nitrogens with one attached hydrogen (secondary N) is 1. The summed E-state index contributed by atoms with van der Waals surface area (Å²) in [6, 6.07) is 13.4. The van der Waals surface area contributed by atoms with E-state index in [-0.39, 0.29) is 6.79 Å². The third-order valence-electron chi connectivity index (χ3n) is 4.11. The lowest BCUT2D eigenvalue weighted by Crippen LogP contribution is -2.01. The van der Waals surface area contributed by atoms with Gasteiger partial charge in [-0.25, -0.2) is 4.98 Å². The van der Waals surface area contributed by atoms with Crippen LogP contribution in [0, 0.1) is 6.92 Å². The highest BCUT2D eigenvalue weighted by molar-refractivity contribution is 6.31. The summed E-state index contributed by atoms with van der Waals surface area (Å²) in [4.78, 5) is 4.58. The van der Waals surface area contributed by atoms with Gasteiger partial charge in [0.05, 0.1) is 11.2 Å². The average Bonchev–Trinajstić information content (AvgIpc) is 3.08. The van der Waals surface area contributed by atoms with Crippen LogP contribution >= 0.6 is 11.6 Å². The zero-order valence-electron chi connectivity index (χ0n) is 13.8. The standard InChI is InChI=1S/C19H16ClN3O2/c1-11-7-19(21-16-5-4-14(20)9-15(11)16)23-22-12(2)13-3-6-17-18(8-13)25-10-24-17/h3-9H,10H2,1-2H3,(H,21,23)/b22-12+. The molecular formula is C19H16ClN3O2. The third kappa shape index (κ3) is 3.10. The van der Waals surface area contributed by atoms with Crippen LogP contribution in [-0.2, 0) is 0 Å². The van der Waals surface area contributed by atoms with E-state index in [9.17, 15) is 0 Å². The van der Waals surface area contributed by atoms with Gasteiger partial charge in [-0.1, -0.05) is 11.6 Å². The van der Waals surface area contributed by atoms with E-state index in [1.165, 1.54) is 0 Å². The van der Waals surface area contributed by atoms with Gasteiger partial charge in [0.2, 0.25) is 6.79 Å². The molecule has 5 nitrogen and oxygen atoms in total. The van der Waals surface area contributed by atoms with E-state index in [2.05, 4.69) is 15.5 Å². The van der Waals surface area contributed by atoms with Crippen LogP contribution in [0.15, 0.2) is 47.6 Å². The molecule has 3 aromatic rings. The summed E-state index contributed by atoms with van der Waals surface area (Å²) < 4.78 is 10.7. The smallest absolute Gasteiger partial charge is 0.231 e. The maximum absolute atomic E-state index is 6.06. The molecule has 2 heterocycles. The van der Waals surface area contributed by atoms with Gasteiger partial charge in [0.15, 0.2) is 11.5 Å². The number of nitrogens with zero attached hydrogens (tertiary/aromatic N) is 2. The van der Waals surface area contributed by atoms with Gasteiger partial charge in [0, 0.05) is 16.0 Å². The second-order valence-corrected chi connectivity index (χ2v) is 6.30. The van der Waals surface area contributed by atoms with Gasteiger partial charge in [-0.15, -0.1) is 0 Å². The highest BCUT2D eigenvalue weighted by Crippen LogP contribution is 2.32. The molecule has 0 radical (unpaired) electrons. The molecule has 2 aromatic carbocycles. The zero-order valence-corrected chi connectivity index (χ0v) is 14.6. The molecule has 0 spiro atoms. The van der Waals surface area contributed by atoms with E-state index in [1.54, 1.807) is 0 Å². The van der Waals surface area contributed by atoms with Crippen LogP contribution in [0.3, 0.4) is 0 Å². The SMILES string of the molecule is C/C(=N\Nc1cc(C)c2cc(Cl)ccc2n1)c1ccc2c(c1)OCO2. The fourth-order valence-corrected chi connectivity index (χ4v) is 2.92. The molecule has 0 amide bonds. The van der Waals surface area contributed by atoms with Crippen molar-refractivity contribution < 1.29 is 9.47 Å². The van der Waals surface area contributed by atoms with E-state index in [0.29, 0.717) is 10.8 Å². The van der Waals surface area contributed by atoms with Gasteiger partial charge in [-0.05, 0) is 61.9 Å². The Morgan fingerprint density at radius 3 is 2.84 bits per heavy atom. The summed E-state index contributed by atoms with van der Waals surface area (Å²) in [5, 5.41) is 6.18. The number of aromatic nitrogens is 1. The van der Waals surface area contributed by atoms with E-state index >= 15 is 0 Å². The van der Waals surface area contributed by atoms with E-state index < -0.39 is 0 Å². The summed E-state index contributed by atoms with van der Waals surface area (Å²) in [6.07, 6.45) is 0. The molecule has 25 heavy (non-hydrogen) atoms. The van der Waals surface area contributed by atoms with Crippen LogP contribution in [0.5, 0.6) is 11.5 Å². The molecule has 0 aliphatic carbocycles. The van der Waals surface area contributed by atoms with Crippen LogP contribution in [0.2, 0.25) is 5.02 Å². The van der Waals surface area contributed by atoms with Gasteiger partial charge in [-0.3, -0.25) is 5.43 Å². The number of aryl methyl sites for hydroxylation is 1. The Bertz CT molecular complexity index is 1000. The molecule has 6 heteroatoms. The van der Waals surface area contributed by atoms with Crippen molar-refractivity contribution in [2.75, 3.05) is 12.2 Å². The molecule has 0 atom stereocenters. The Morgan fingerprint density at radius 1 is 1.12 bits per heavy atom. The van der Waals surface area contributed by atoms with Crippen molar-refractivity contribution in [3.8, 4) is 11.5 Å². The number of hydrazone groups is 1. The number of rotatable bonds is 3. The highest BCUT2D eigenvalue weighted by atomic mass is 35.5. The predicted octanol–water partition coefficient (Wildman–Crippen LogP) is 4.76. The van der Waals surface area contributed by atoms with Gasteiger partial charge in [-0.2, -0.15) is 5.10 Å². The maximum Gasteiger partial charge on any atom is 0.231 e. The molecule has 0 fully saturated rings. The summed E-state index contributed by atoms with van der Waals surface area (Å²) in [7, 11) is 0. The minimum atomic E-state index is 0.261. The lowest BCUT2D eigenvalue weighted by molar-refractivity contribution is 0.174. The molecule has 0 unspecified atom stereocenters. The molecule has 1 aliphatic rings. The Balaban J connectivity index is 1.60. The molecule has 0 saturated heterocycles. The first kappa shape index (κ1) is 15.7. The van der Waals surface area contributed by atoms with Crippen LogP contribution in [0.1, 0.15) is 18.1 Å². The van der Waals surface area contributed by atoms with Crippen molar-refractivity contribution in [1.82, 2.24) is 4.98 Å². The summed E-state index contributed by atoms with van der Waals surface area (Å²) in [5.41, 5.74) is 6.78. The number of hydrogen-bond donors (Lipinski definition) is 1.